The van der Waals surface area contributed by atoms with Crippen molar-refractivity contribution < 1.29 is 4.79 Å². The number of rotatable bonds is 2. The maximum absolute atomic E-state index is 13.0. The van der Waals surface area contributed by atoms with Crippen LogP contribution in [0.1, 0.15) is 55.6 Å². The van der Waals surface area contributed by atoms with Crippen molar-refractivity contribution in [2.24, 2.45) is 5.92 Å². The summed E-state index contributed by atoms with van der Waals surface area (Å²) in [6.45, 7) is 0.884. The van der Waals surface area contributed by atoms with Crippen molar-refractivity contribution in [3.05, 3.63) is 35.5 Å². The van der Waals surface area contributed by atoms with Crippen LogP contribution in [-0.2, 0) is 11.2 Å². The molecule has 3 atom stereocenters. The van der Waals surface area contributed by atoms with E-state index in [0.29, 0.717) is 18.0 Å². The third kappa shape index (κ3) is 2.66. The third-order valence-corrected chi connectivity index (χ3v) is 7.05. The van der Waals surface area contributed by atoms with E-state index in [0.717, 1.165) is 32.2 Å². The number of likely N-dealkylation sites (tertiary alicyclic amines) is 1. The number of carbonyl (C=O) groups is 1. The van der Waals surface area contributed by atoms with Gasteiger partial charge in [-0.2, -0.15) is 0 Å². The van der Waals surface area contributed by atoms with E-state index in [-0.39, 0.29) is 11.8 Å². The summed E-state index contributed by atoms with van der Waals surface area (Å²) in [6, 6.07) is 7.54. The van der Waals surface area contributed by atoms with Gasteiger partial charge in [-0.3, -0.25) is 4.79 Å². The molecule has 0 radical (unpaired) electrons. The number of benzene rings is 1. The molecule has 4 heteroatoms. The highest BCUT2D eigenvalue weighted by atomic mass is 16.2. The minimum absolute atomic E-state index is 0.110. The van der Waals surface area contributed by atoms with Gasteiger partial charge in [0.1, 0.15) is 0 Å². The van der Waals surface area contributed by atoms with Crippen molar-refractivity contribution in [1.29, 1.82) is 0 Å². The number of amides is 1. The Bertz CT molecular complexity index is 820. The summed E-state index contributed by atoms with van der Waals surface area (Å²) in [6.07, 6.45) is 10.4. The fourth-order valence-corrected chi connectivity index (χ4v) is 5.70. The molecule has 2 aliphatic carbocycles. The molecular formula is C22H29N3O. The molecule has 4 nitrogen and oxygen atoms in total. The highest BCUT2D eigenvalue weighted by Crippen LogP contribution is 2.44. The Morgan fingerprint density at radius 2 is 2.08 bits per heavy atom. The first-order valence-corrected chi connectivity index (χ1v) is 10.3. The van der Waals surface area contributed by atoms with E-state index in [1.165, 1.54) is 41.3 Å². The molecule has 1 saturated carbocycles. The van der Waals surface area contributed by atoms with E-state index in [4.69, 9.17) is 0 Å². The average Bonchev–Trinajstić information content (AvgIpc) is 3.08. The molecule has 3 aliphatic rings. The summed E-state index contributed by atoms with van der Waals surface area (Å²) in [5, 5.41) is 4.78. The van der Waals surface area contributed by atoms with Crippen LogP contribution >= 0.6 is 0 Å². The van der Waals surface area contributed by atoms with E-state index < -0.39 is 0 Å². The summed E-state index contributed by atoms with van der Waals surface area (Å²) in [7, 11) is 2.20. The van der Waals surface area contributed by atoms with Crippen molar-refractivity contribution in [3.63, 3.8) is 0 Å². The fraction of sp³-hybridized carbons (Fsp3) is 0.591. The van der Waals surface area contributed by atoms with Crippen molar-refractivity contribution >= 4 is 16.8 Å². The van der Waals surface area contributed by atoms with Gasteiger partial charge in [-0.05, 0) is 49.9 Å². The molecule has 2 fully saturated rings. The van der Waals surface area contributed by atoms with Crippen LogP contribution in [-0.4, -0.2) is 41.5 Å². The molecule has 5 rings (SSSR count). The first-order valence-electron chi connectivity index (χ1n) is 10.3. The van der Waals surface area contributed by atoms with Crippen molar-refractivity contribution in [1.82, 2.24) is 15.2 Å². The first kappa shape index (κ1) is 16.4. The Balaban J connectivity index is 1.39. The topological polar surface area (TPSA) is 48.1 Å². The van der Waals surface area contributed by atoms with E-state index in [1.54, 1.807) is 0 Å². The van der Waals surface area contributed by atoms with Crippen LogP contribution in [0.15, 0.2) is 24.4 Å². The van der Waals surface area contributed by atoms with Crippen molar-refractivity contribution in [2.75, 3.05) is 13.6 Å². The Labute approximate surface area is 155 Å². The summed E-state index contributed by atoms with van der Waals surface area (Å²) in [5.41, 5.74) is 4.12. The van der Waals surface area contributed by atoms with E-state index >= 15 is 0 Å². The number of aromatic nitrogens is 1. The zero-order valence-electron chi connectivity index (χ0n) is 15.6. The lowest BCUT2D eigenvalue weighted by atomic mass is 9.72. The summed E-state index contributed by atoms with van der Waals surface area (Å²) < 4.78 is 0. The predicted octanol–water partition coefficient (Wildman–Crippen LogP) is 3.58. The van der Waals surface area contributed by atoms with Gasteiger partial charge in [0, 0.05) is 41.6 Å². The van der Waals surface area contributed by atoms with Crippen LogP contribution in [0.3, 0.4) is 0 Å². The molecule has 1 aromatic carbocycles. The van der Waals surface area contributed by atoms with Gasteiger partial charge in [0.2, 0.25) is 5.91 Å². The number of likely N-dealkylation sites (N-methyl/N-ethyl adjacent to an activating group) is 1. The lowest BCUT2D eigenvalue weighted by molar-refractivity contribution is -0.128. The Morgan fingerprint density at radius 3 is 2.92 bits per heavy atom. The number of fused-ring (bicyclic) bond motifs is 2. The van der Waals surface area contributed by atoms with Crippen LogP contribution in [0.25, 0.3) is 10.9 Å². The predicted molar refractivity (Wildman–Crippen MR) is 104 cm³/mol. The molecule has 1 aliphatic heterocycles. The smallest absolute Gasteiger partial charge is 0.224 e. The Hall–Kier alpha value is -1.81. The second-order valence-electron chi connectivity index (χ2n) is 8.68. The number of carbonyl (C=O) groups excluding carboxylic acids is 1. The molecule has 138 valence electrons. The summed E-state index contributed by atoms with van der Waals surface area (Å²) in [4.78, 5) is 18.9. The van der Waals surface area contributed by atoms with Gasteiger partial charge in [0.15, 0.2) is 0 Å². The summed E-state index contributed by atoms with van der Waals surface area (Å²) in [5.74, 6) is 0.857. The first-order chi connectivity index (χ1) is 12.7. The third-order valence-electron chi connectivity index (χ3n) is 7.05. The molecule has 1 aromatic heterocycles. The molecule has 1 amide bonds. The van der Waals surface area contributed by atoms with Crippen LogP contribution in [0.2, 0.25) is 0 Å². The van der Waals surface area contributed by atoms with Crippen LogP contribution in [0, 0.1) is 5.92 Å². The standard InChI is InChI=1S/C22H29N3O/c1-25-13-15(22(26)24-16-6-3-2-4-7-16)10-18-17-8-5-9-19-21(17)14(12-23-19)11-20(18)25/h5,8-9,12,15-16,18,20,23H,2-4,6-7,10-11,13H2,1H3,(H,24,26)/t15?,18?,20-/m1/s1. The van der Waals surface area contributed by atoms with Gasteiger partial charge in [0.05, 0.1) is 5.92 Å². The van der Waals surface area contributed by atoms with E-state index in [2.05, 4.69) is 46.6 Å². The fourth-order valence-electron chi connectivity index (χ4n) is 5.70. The zero-order valence-corrected chi connectivity index (χ0v) is 15.6. The van der Waals surface area contributed by atoms with Crippen molar-refractivity contribution in [3.8, 4) is 0 Å². The number of piperidine rings is 1. The van der Waals surface area contributed by atoms with Gasteiger partial charge in [-0.1, -0.05) is 31.4 Å². The van der Waals surface area contributed by atoms with Gasteiger partial charge < -0.3 is 15.2 Å². The minimum Gasteiger partial charge on any atom is -0.361 e. The quantitative estimate of drug-likeness (QED) is 0.869. The van der Waals surface area contributed by atoms with Gasteiger partial charge in [-0.25, -0.2) is 0 Å². The normalized spacial score (nSPS) is 29.5. The van der Waals surface area contributed by atoms with Crippen LogP contribution in [0.4, 0.5) is 0 Å². The highest BCUT2D eigenvalue weighted by molar-refractivity contribution is 5.88. The number of H-pyrrole nitrogens is 1. The second-order valence-corrected chi connectivity index (χ2v) is 8.68. The molecule has 26 heavy (non-hydrogen) atoms. The number of hydrogen-bond acceptors (Lipinski definition) is 2. The molecular weight excluding hydrogens is 322 g/mol. The van der Waals surface area contributed by atoms with Crippen LogP contribution < -0.4 is 5.32 Å². The summed E-state index contributed by atoms with van der Waals surface area (Å²) >= 11 is 0. The highest BCUT2D eigenvalue weighted by Gasteiger charge is 2.41. The minimum atomic E-state index is 0.110. The zero-order chi connectivity index (χ0) is 17.7. The molecule has 2 aromatic rings. The van der Waals surface area contributed by atoms with E-state index in [1.807, 2.05) is 0 Å². The largest absolute Gasteiger partial charge is 0.361 e. The average molecular weight is 351 g/mol. The van der Waals surface area contributed by atoms with Crippen molar-refractivity contribution in [2.45, 2.75) is 62.9 Å². The molecule has 1 saturated heterocycles. The van der Waals surface area contributed by atoms with Gasteiger partial charge in [0.25, 0.3) is 0 Å². The number of aromatic amines is 1. The van der Waals surface area contributed by atoms with E-state index in [9.17, 15) is 4.79 Å². The molecule has 0 spiro atoms. The van der Waals surface area contributed by atoms with Crippen LogP contribution in [0.5, 0.6) is 0 Å². The van der Waals surface area contributed by atoms with Gasteiger partial charge >= 0.3 is 0 Å². The second kappa shape index (κ2) is 6.41. The SMILES string of the molecule is CN1CC(C(=O)NC2CCCCC2)CC2c3cccc4[nH]cc(c34)C[C@H]21. The lowest BCUT2D eigenvalue weighted by Crippen LogP contribution is -2.52. The molecule has 2 heterocycles. The molecule has 2 unspecified atom stereocenters. The van der Waals surface area contributed by atoms with Gasteiger partial charge in [-0.15, -0.1) is 0 Å². The lowest BCUT2D eigenvalue weighted by Gasteiger charge is -2.45. The Kier molecular flexibility index (Phi) is 4.04. The molecule has 2 N–H and O–H groups in total. The maximum Gasteiger partial charge on any atom is 0.224 e. The molecule has 0 bridgehead atoms. The number of hydrogen-bond donors (Lipinski definition) is 2. The maximum atomic E-state index is 13.0. The Morgan fingerprint density at radius 1 is 1.23 bits per heavy atom. The number of nitrogens with one attached hydrogen (secondary N) is 2. The number of nitrogens with zero attached hydrogens (tertiary/aromatic N) is 1. The monoisotopic (exact) mass is 351 g/mol.